The second-order valence-electron chi connectivity index (χ2n) is 7.95. The molecule has 1 aliphatic rings. The maximum absolute atomic E-state index is 13.9. The number of unbranched alkanes of at least 4 members (excludes halogenated alkanes) is 1. The number of halogens is 2. The average molecular weight is 435 g/mol. The zero-order chi connectivity index (χ0) is 21.5. The molecule has 9 heteroatoms. The van der Waals surface area contributed by atoms with Crippen LogP contribution in [-0.2, 0) is 22.8 Å². The number of hydrogen-bond donors (Lipinski definition) is 1. The van der Waals surface area contributed by atoms with Crippen LogP contribution in [0.3, 0.4) is 0 Å². The van der Waals surface area contributed by atoms with E-state index in [1.165, 1.54) is 12.8 Å². The molecule has 3 aromatic rings. The number of anilines is 1. The molecule has 160 valence electrons. The Morgan fingerprint density at radius 2 is 2.00 bits per heavy atom. The van der Waals surface area contributed by atoms with Crippen molar-refractivity contribution in [1.82, 2.24) is 14.5 Å². The number of fused-ring (bicyclic) bond motifs is 1. The average Bonchev–Trinajstić information content (AvgIpc) is 3.41. The highest BCUT2D eigenvalue weighted by Crippen LogP contribution is 2.34. The van der Waals surface area contributed by atoms with Gasteiger partial charge in [-0.3, -0.25) is 0 Å². The highest BCUT2D eigenvalue weighted by Gasteiger charge is 2.26. The number of imidazole rings is 1. The van der Waals surface area contributed by atoms with Gasteiger partial charge >= 0.3 is 0 Å². The molecule has 0 unspecified atom stereocenters. The lowest BCUT2D eigenvalue weighted by Crippen LogP contribution is -2.11. The Balaban J connectivity index is 1.50. The molecule has 0 bridgehead atoms. The van der Waals surface area contributed by atoms with Crippen molar-refractivity contribution in [2.45, 2.75) is 50.5 Å². The summed E-state index contributed by atoms with van der Waals surface area (Å²) in [6.07, 6.45) is 5.90. The molecule has 1 fully saturated rings. The molecule has 0 radical (unpaired) electrons. The first kappa shape index (κ1) is 20.7. The number of rotatable bonds is 8. The van der Waals surface area contributed by atoms with Gasteiger partial charge in [-0.2, -0.15) is 0 Å². The van der Waals surface area contributed by atoms with Crippen LogP contribution in [0.25, 0.3) is 11.0 Å². The van der Waals surface area contributed by atoms with Crippen molar-refractivity contribution in [2.24, 2.45) is 5.92 Å². The number of benzene rings is 1. The van der Waals surface area contributed by atoms with Crippen LogP contribution < -0.4 is 5.73 Å². The third-order valence-electron chi connectivity index (χ3n) is 5.50. The molecular formula is C21H24F2N4O2S. The van der Waals surface area contributed by atoms with E-state index in [2.05, 4.69) is 9.55 Å². The Bertz CT molecular complexity index is 1200. The standard InChI is InChI=1S/C21H24F2N4O2S/c1-13-12-25-21(24)19-20(13)27(18(26-19)10-14-4-5-14)8-2-3-9-30(28,29)17-7-6-15(22)11-16(17)23/h6-7,11-12,14H,2-5,8-10H2,1H3,(H2,24,25). The molecule has 4 rings (SSSR count). The first-order chi connectivity index (χ1) is 14.3. The molecule has 0 atom stereocenters. The van der Waals surface area contributed by atoms with E-state index in [0.717, 1.165) is 35.5 Å². The highest BCUT2D eigenvalue weighted by molar-refractivity contribution is 7.91. The number of aryl methyl sites for hydroxylation is 2. The lowest BCUT2D eigenvalue weighted by atomic mass is 10.2. The topological polar surface area (TPSA) is 90.9 Å². The summed E-state index contributed by atoms with van der Waals surface area (Å²) in [5, 5.41) is 0. The normalized spacial score (nSPS) is 14.5. The van der Waals surface area contributed by atoms with Crippen LogP contribution in [-0.4, -0.2) is 28.7 Å². The molecule has 0 aliphatic heterocycles. The van der Waals surface area contributed by atoms with Crippen molar-refractivity contribution in [3.63, 3.8) is 0 Å². The van der Waals surface area contributed by atoms with Gasteiger partial charge in [0.25, 0.3) is 0 Å². The van der Waals surface area contributed by atoms with Crippen molar-refractivity contribution in [3.05, 3.63) is 47.4 Å². The second-order valence-corrected chi connectivity index (χ2v) is 10.0. The number of nitrogens with zero attached hydrogens (tertiary/aromatic N) is 3. The van der Waals surface area contributed by atoms with Gasteiger partial charge in [-0.05, 0) is 56.2 Å². The fraction of sp³-hybridized carbons (Fsp3) is 0.429. The Hall–Kier alpha value is -2.55. The van der Waals surface area contributed by atoms with Gasteiger partial charge in [-0.25, -0.2) is 27.2 Å². The molecule has 30 heavy (non-hydrogen) atoms. The number of nitrogens with two attached hydrogens (primary N) is 1. The van der Waals surface area contributed by atoms with Crippen molar-refractivity contribution < 1.29 is 17.2 Å². The molecule has 1 aromatic carbocycles. The monoisotopic (exact) mass is 434 g/mol. The largest absolute Gasteiger partial charge is 0.382 e. The maximum atomic E-state index is 13.9. The van der Waals surface area contributed by atoms with Gasteiger partial charge in [0.1, 0.15) is 27.9 Å². The first-order valence-corrected chi connectivity index (χ1v) is 11.7. The van der Waals surface area contributed by atoms with Crippen molar-refractivity contribution in [2.75, 3.05) is 11.5 Å². The summed E-state index contributed by atoms with van der Waals surface area (Å²) in [6.45, 7) is 2.54. The van der Waals surface area contributed by atoms with E-state index in [1.807, 2.05) is 6.92 Å². The van der Waals surface area contributed by atoms with Crippen LogP contribution in [0.5, 0.6) is 0 Å². The van der Waals surface area contributed by atoms with Crippen molar-refractivity contribution >= 4 is 26.7 Å². The molecule has 0 amide bonds. The van der Waals surface area contributed by atoms with Gasteiger partial charge < -0.3 is 10.3 Å². The van der Waals surface area contributed by atoms with E-state index in [4.69, 9.17) is 10.7 Å². The van der Waals surface area contributed by atoms with E-state index < -0.39 is 26.4 Å². The van der Waals surface area contributed by atoms with Crippen molar-refractivity contribution in [1.29, 1.82) is 0 Å². The molecule has 1 saturated carbocycles. The fourth-order valence-electron chi connectivity index (χ4n) is 3.74. The fourth-order valence-corrected chi connectivity index (χ4v) is 5.18. The minimum atomic E-state index is -3.82. The molecule has 0 spiro atoms. The summed E-state index contributed by atoms with van der Waals surface area (Å²) in [4.78, 5) is 8.46. The predicted molar refractivity (Wildman–Crippen MR) is 111 cm³/mol. The summed E-state index contributed by atoms with van der Waals surface area (Å²) < 4.78 is 53.9. The quantitative estimate of drug-likeness (QED) is 0.430. The van der Waals surface area contributed by atoms with Crippen LogP contribution in [0, 0.1) is 24.5 Å². The minimum absolute atomic E-state index is 0.206. The number of aromatic nitrogens is 3. The molecular weight excluding hydrogens is 410 g/mol. The summed E-state index contributed by atoms with van der Waals surface area (Å²) >= 11 is 0. The second kappa shape index (κ2) is 7.94. The molecule has 2 aromatic heterocycles. The van der Waals surface area contributed by atoms with Gasteiger partial charge in [0, 0.05) is 25.2 Å². The van der Waals surface area contributed by atoms with Crippen LogP contribution in [0.15, 0.2) is 29.3 Å². The number of pyridine rings is 1. The Kier molecular flexibility index (Phi) is 5.48. The van der Waals surface area contributed by atoms with Crippen LogP contribution in [0.4, 0.5) is 14.6 Å². The number of hydrogen-bond acceptors (Lipinski definition) is 5. The highest BCUT2D eigenvalue weighted by atomic mass is 32.2. The number of nitrogen functional groups attached to an aromatic ring is 1. The lowest BCUT2D eigenvalue weighted by Gasteiger charge is -2.11. The van der Waals surface area contributed by atoms with E-state index in [1.54, 1.807) is 6.20 Å². The zero-order valence-corrected chi connectivity index (χ0v) is 17.6. The molecule has 2 heterocycles. The van der Waals surface area contributed by atoms with E-state index in [0.29, 0.717) is 42.7 Å². The van der Waals surface area contributed by atoms with E-state index >= 15 is 0 Å². The van der Waals surface area contributed by atoms with Gasteiger partial charge in [0.2, 0.25) is 0 Å². The third kappa shape index (κ3) is 4.16. The van der Waals surface area contributed by atoms with E-state index in [-0.39, 0.29) is 5.75 Å². The minimum Gasteiger partial charge on any atom is -0.382 e. The Morgan fingerprint density at radius 3 is 2.70 bits per heavy atom. The van der Waals surface area contributed by atoms with Crippen LogP contribution in [0.1, 0.15) is 37.1 Å². The molecule has 1 aliphatic carbocycles. The Morgan fingerprint density at radius 1 is 1.23 bits per heavy atom. The van der Waals surface area contributed by atoms with Gasteiger partial charge in [-0.1, -0.05) is 0 Å². The SMILES string of the molecule is Cc1cnc(N)c2nc(CC3CC3)n(CCCCS(=O)(=O)c3ccc(F)cc3F)c12. The summed E-state index contributed by atoms with van der Waals surface area (Å²) in [5.41, 5.74) is 8.62. The molecule has 2 N–H and O–H groups in total. The first-order valence-electron chi connectivity index (χ1n) is 10.0. The Labute approximate surface area is 174 Å². The third-order valence-corrected chi connectivity index (χ3v) is 7.33. The van der Waals surface area contributed by atoms with Crippen molar-refractivity contribution in [3.8, 4) is 0 Å². The van der Waals surface area contributed by atoms with Gasteiger partial charge in [-0.15, -0.1) is 0 Å². The van der Waals surface area contributed by atoms with Gasteiger partial charge in [0.15, 0.2) is 15.7 Å². The molecule has 0 saturated heterocycles. The number of sulfone groups is 1. The van der Waals surface area contributed by atoms with E-state index in [9.17, 15) is 17.2 Å². The van der Waals surface area contributed by atoms with Crippen LogP contribution in [0.2, 0.25) is 0 Å². The zero-order valence-electron chi connectivity index (χ0n) is 16.7. The molecule has 6 nitrogen and oxygen atoms in total. The summed E-state index contributed by atoms with van der Waals surface area (Å²) in [6, 6.07) is 2.53. The summed E-state index contributed by atoms with van der Waals surface area (Å²) in [5.74, 6) is -0.0879. The maximum Gasteiger partial charge on any atom is 0.181 e. The van der Waals surface area contributed by atoms with Gasteiger partial charge in [0.05, 0.1) is 11.3 Å². The van der Waals surface area contributed by atoms with Crippen LogP contribution >= 0.6 is 0 Å². The smallest absolute Gasteiger partial charge is 0.181 e. The lowest BCUT2D eigenvalue weighted by molar-refractivity contribution is 0.545. The predicted octanol–water partition coefficient (Wildman–Crippen LogP) is 3.81. The summed E-state index contributed by atoms with van der Waals surface area (Å²) in [7, 11) is -3.82.